The Labute approximate surface area is 231 Å². The quantitative estimate of drug-likeness (QED) is 0.205. The van der Waals surface area contributed by atoms with Gasteiger partial charge in [-0.15, -0.1) is 5.10 Å². The van der Waals surface area contributed by atoms with E-state index in [2.05, 4.69) is 25.9 Å². The van der Waals surface area contributed by atoms with Gasteiger partial charge in [0, 0.05) is 26.3 Å². The zero-order valence-electron chi connectivity index (χ0n) is 23.5. The number of nitrogens with zero attached hydrogens (tertiary/aromatic N) is 3. The lowest BCUT2D eigenvalue weighted by atomic mass is 9.87. The van der Waals surface area contributed by atoms with E-state index in [1.807, 2.05) is 31.2 Å². The van der Waals surface area contributed by atoms with Crippen molar-refractivity contribution >= 4 is 16.0 Å². The molecule has 1 aromatic heterocycles. The minimum atomic E-state index is -3.95. The molecule has 11 heteroatoms. The van der Waals surface area contributed by atoms with Crippen LogP contribution in [0.5, 0.6) is 5.88 Å². The summed E-state index contributed by atoms with van der Waals surface area (Å²) in [6, 6.07) is 8.68. The summed E-state index contributed by atoms with van der Waals surface area (Å²) in [5.74, 6) is -0.00153. The monoisotopic (exact) mass is 561 g/mol. The summed E-state index contributed by atoms with van der Waals surface area (Å²) < 4.78 is 51.9. The number of rotatable bonds is 13. The first-order chi connectivity index (χ1) is 18.4. The number of carbonyl (C=O) groups is 1. The number of ether oxygens (including phenoxy) is 4. The maximum atomic E-state index is 13.9. The number of allylic oxidation sites excluding steroid dienone is 3. The number of sulfonamides is 1. The van der Waals surface area contributed by atoms with Crippen molar-refractivity contribution in [2.24, 2.45) is 0 Å². The van der Waals surface area contributed by atoms with Gasteiger partial charge in [-0.1, -0.05) is 39.0 Å². The fraction of sp³-hybridized carbons (Fsp3) is 0.500. The Hall–Kier alpha value is -3.15. The summed E-state index contributed by atoms with van der Waals surface area (Å²) in [6.07, 6.45) is 7.92. The van der Waals surface area contributed by atoms with Crippen LogP contribution in [0, 0.1) is 0 Å². The van der Waals surface area contributed by atoms with Crippen LogP contribution in [0.25, 0.3) is 0 Å². The third-order valence-corrected chi connectivity index (χ3v) is 8.01. The highest BCUT2D eigenvalue weighted by atomic mass is 32.2. The normalized spacial score (nSPS) is 17.5. The van der Waals surface area contributed by atoms with Gasteiger partial charge in [0.2, 0.25) is 5.88 Å². The van der Waals surface area contributed by atoms with Crippen LogP contribution in [0.3, 0.4) is 0 Å². The van der Waals surface area contributed by atoms with E-state index in [0.717, 1.165) is 5.56 Å². The topological polar surface area (TPSA) is 109 Å². The van der Waals surface area contributed by atoms with Gasteiger partial charge in [0.25, 0.3) is 10.0 Å². The van der Waals surface area contributed by atoms with Crippen molar-refractivity contribution in [1.29, 1.82) is 0 Å². The van der Waals surface area contributed by atoms with Gasteiger partial charge in [-0.3, -0.25) is 9.48 Å². The third kappa shape index (κ3) is 7.93. The highest BCUT2D eigenvalue weighted by Gasteiger charge is 2.33. The van der Waals surface area contributed by atoms with Crippen molar-refractivity contribution in [3.05, 3.63) is 66.0 Å². The average molecular weight is 562 g/mol. The van der Waals surface area contributed by atoms with Gasteiger partial charge >= 0.3 is 5.97 Å². The summed E-state index contributed by atoms with van der Waals surface area (Å²) in [4.78, 5) is 11.1. The molecule has 2 aromatic rings. The molecule has 0 N–H and O–H groups in total. The molecule has 1 aliphatic carbocycles. The molecule has 1 unspecified atom stereocenters. The second-order valence-electron chi connectivity index (χ2n) is 10.5. The Morgan fingerprint density at radius 3 is 2.46 bits per heavy atom. The number of hydrogen-bond acceptors (Lipinski definition) is 8. The van der Waals surface area contributed by atoms with E-state index in [1.54, 1.807) is 42.3 Å². The Morgan fingerprint density at radius 1 is 1.10 bits per heavy atom. The van der Waals surface area contributed by atoms with Crippen LogP contribution >= 0.6 is 0 Å². The molecule has 0 aliphatic heterocycles. The molecule has 214 valence electrons. The molecule has 1 atom stereocenters. The predicted octanol–water partition coefficient (Wildman–Crippen LogP) is 3.99. The van der Waals surface area contributed by atoms with Crippen LogP contribution < -0.4 is 4.74 Å². The molecule has 0 saturated carbocycles. The van der Waals surface area contributed by atoms with Gasteiger partial charge in [-0.05, 0) is 48.6 Å². The van der Waals surface area contributed by atoms with Crippen LogP contribution in [-0.4, -0.2) is 68.7 Å². The molecule has 0 amide bonds. The number of aromatic nitrogens is 2. The Morgan fingerprint density at radius 2 is 1.82 bits per heavy atom. The maximum Gasteiger partial charge on any atom is 0.302 e. The highest BCUT2D eigenvalue weighted by Crippen LogP contribution is 2.33. The molecule has 10 nitrogen and oxygen atoms in total. The molecule has 3 rings (SSSR count). The average Bonchev–Trinajstić information content (AvgIpc) is 3.36. The van der Waals surface area contributed by atoms with Gasteiger partial charge in [0.05, 0.1) is 29.3 Å². The van der Waals surface area contributed by atoms with Crippen LogP contribution in [0.4, 0.5) is 0 Å². The van der Waals surface area contributed by atoms with E-state index >= 15 is 0 Å². The maximum absolute atomic E-state index is 13.9. The third-order valence-electron chi connectivity index (χ3n) is 6.24. The van der Waals surface area contributed by atoms with E-state index in [0.29, 0.717) is 24.6 Å². The van der Waals surface area contributed by atoms with Crippen molar-refractivity contribution < 1.29 is 32.2 Å². The van der Waals surface area contributed by atoms with Crippen LogP contribution in [-0.2, 0) is 40.0 Å². The molecule has 0 radical (unpaired) electrons. The van der Waals surface area contributed by atoms with Crippen molar-refractivity contribution in [3.63, 3.8) is 0 Å². The highest BCUT2D eigenvalue weighted by molar-refractivity contribution is 7.89. The van der Waals surface area contributed by atoms with Crippen LogP contribution in [0.15, 0.2) is 65.3 Å². The minimum absolute atomic E-state index is 0.103. The number of carbonyl (C=O) groups excluding carboxylic acids is 1. The van der Waals surface area contributed by atoms with Gasteiger partial charge in [0.1, 0.15) is 19.9 Å². The molecule has 1 heterocycles. The molecule has 0 saturated heterocycles. The first-order valence-corrected chi connectivity index (χ1v) is 14.2. The summed E-state index contributed by atoms with van der Waals surface area (Å²) in [6.45, 7) is 10.2. The van der Waals surface area contributed by atoms with Crippen molar-refractivity contribution in [1.82, 2.24) is 14.1 Å². The van der Waals surface area contributed by atoms with E-state index < -0.39 is 15.6 Å². The van der Waals surface area contributed by atoms with E-state index in [9.17, 15) is 13.2 Å². The number of hydrogen-bond donors (Lipinski definition) is 0. The molecule has 39 heavy (non-hydrogen) atoms. The lowest BCUT2D eigenvalue weighted by Gasteiger charge is -2.33. The summed E-state index contributed by atoms with van der Waals surface area (Å²) >= 11 is 0. The fourth-order valence-electron chi connectivity index (χ4n) is 3.99. The standard InChI is InChI=1S/C28H39N3O7S/c1-22(32)37-18-19-38-26-13-15-31(29-26)28(5)14-7-8-24(20-28)30(21-36-17-16-35-6)39(33,34)25-11-9-23(10-12-25)27(2,3)4/h7-13,15,20H,14,16-19,21H2,1-6H3. The SMILES string of the molecule is COCCOCN(C1=CC(C)(n2ccc(OCCOC(C)=O)n2)CC=C1)S(=O)(=O)c1ccc(C(C)(C)C)cc1. The lowest BCUT2D eigenvalue weighted by molar-refractivity contribution is -0.141. The largest absolute Gasteiger partial charge is 0.473 e. The summed E-state index contributed by atoms with van der Waals surface area (Å²) in [5, 5.41) is 4.52. The smallest absolute Gasteiger partial charge is 0.302 e. The van der Waals surface area contributed by atoms with Gasteiger partial charge < -0.3 is 18.9 Å². The Kier molecular flexibility index (Phi) is 9.98. The van der Waals surface area contributed by atoms with Gasteiger partial charge in [-0.2, -0.15) is 0 Å². The molecule has 0 fully saturated rings. The van der Waals surface area contributed by atoms with Crippen molar-refractivity contribution in [3.8, 4) is 5.88 Å². The molecule has 1 aromatic carbocycles. The molecule has 0 bridgehead atoms. The van der Waals surface area contributed by atoms with Crippen LogP contribution in [0.1, 0.15) is 46.6 Å². The lowest BCUT2D eigenvalue weighted by Crippen LogP contribution is -2.37. The van der Waals surface area contributed by atoms with Gasteiger partial charge in [0.15, 0.2) is 0 Å². The number of esters is 1. The van der Waals surface area contributed by atoms with E-state index in [4.69, 9.17) is 18.9 Å². The van der Waals surface area contributed by atoms with E-state index in [1.165, 1.54) is 11.2 Å². The first kappa shape index (κ1) is 30.4. The first-order valence-electron chi connectivity index (χ1n) is 12.8. The zero-order valence-corrected chi connectivity index (χ0v) is 24.4. The second kappa shape index (κ2) is 12.8. The van der Waals surface area contributed by atoms with Gasteiger partial charge in [-0.25, -0.2) is 12.7 Å². The molecule has 1 aliphatic rings. The van der Waals surface area contributed by atoms with Crippen LogP contribution in [0.2, 0.25) is 0 Å². The fourth-order valence-corrected chi connectivity index (χ4v) is 5.32. The van der Waals surface area contributed by atoms with Crippen molar-refractivity contribution in [2.45, 2.75) is 56.9 Å². The second-order valence-corrected chi connectivity index (χ2v) is 12.3. The summed E-state index contributed by atoms with van der Waals surface area (Å²) in [7, 11) is -2.39. The van der Waals surface area contributed by atoms with Crippen molar-refractivity contribution in [2.75, 3.05) is 40.3 Å². The Balaban J connectivity index is 1.89. The number of methoxy groups -OCH3 is 1. The molecular weight excluding hydrogens is 522 g/mol. The minimum Gasteiger partial charge on any atom is -0.473 e. The number of benzene rings is 1. The zero-order chi connectivity index (χ0) is 28.7. The summed E-state index contributed by atoms with van der Waals surface area (Å²) in [5.41, 5.74) is 0.735. The molecule has 0 spiro atoms. The molecular formula is C28H39N3O7S. The predicted molar refractivity (Wildman–Crippen MR) is 147 cm³/mol. The van der Waals surface area contributed by atoms with E-state index in [-0.39, 0.29) is 42.8 Å². The Bertz CT molecular complexity index is 1280.